The lowest BCUT2D eigenvalue weighted by Gasteiger charge is -2.05. The molecule has 0 aliphatic rings. The molecule has 0 aliphatic carbocycles. The lowest BCUT2D eigenvalue weighted by molar-refractivity contribution is -0.130. The van der Waals surface area contributed by atoms with Crippen molar-refractivity contribution in [3.05, 3.63) is 82.6 Å². The van der Waals surface area contributed by atoms with Gasteiger partial charge in [0.2, 0.25) is 0 Å². The summed E-state index contributed by atoms with van der Waals surface area (Å²) in [5.74, 6) is -0.916. The Morgan fingerprint density at radius 3 is 2.14 bits per heavy atom. The number of rotatable bonds is 4. The Balaban J connectivity index is 1.95. The van der Waals surface area contributed by atoms with Crippen molar-refractivity contribution >= 4 is 29.0 Å². The van der Waals surface area contributed by atoms with E-state index in [9.17, 15) is 9.90 Å². The van der Waals surface area contributed by atoms with E-state index in [-0.39, 0.29) is 0 Å². The van der Waals surface area contributed by atoms with E-state index in [0.717, 1.165) is 16.0 Å². The van der Waals surface area contributed by atoms with Crippen molar-refractivity contribution < 1.29 is 9.90 Å². The first-order valence-electron chi connectivity index (χ1n) is 6.88. The van der Waals surface area contributed by atoms with Crippen molar-refractivity contribution in [3.8, 4) is 11.1 Å². The Bertz CT molecular complexity index is 785. The van der Waals surface area contributed by atoms with Gasteiger partial charge in [0.05, 0.1) is 5.57 Å². The SMILES string of the molecule is O=C(O)/C(=C\c1cccs1)c1ccc(-c2ccccc2)cc1. The predicted octanol–water partition coefficient (Wildman–Crippen LogP) is 5.04. The summed E-state index contributed by atoms with van der Waals surface area (Å²) in [6.45, 7) is 0. The van der Waals surface area contributed by atoms with Crippen LogP contribution in [0.25, 0.3) is 22.8 Å². The van der Waals surface area contributed by atoms with Gasteiger partial charge in [-0.3, -0.25) is 0 Å². The summed E-state index contributed by atoms with van der Waals surface area (Å²) >= 11 is 1.52. The van der Waals surface area contributed by atoms with E-state index < -0.39 is 5.97 Å². The molecule has 0 fully saturated rings. The van der Waals surface area contributed by atoms with Crippen molar-refractivity contribution in [3.63, 3.8) is 0 Å². The monoisotopic (exact) mass is 306 g/mol. The first-order valence-corrected chi connectivity index (χ1v) is 7.76. The van der Waals surface area contributed by atoms with Crippen molar-refractivity contribution in [1.82, 2.24) is 0 Å². The highest BCUT2D eigenvalue weighted by atomic mass is 32.1. The fraction of sp³-hybridized carbons (Fsp3) is 0. The van der Waals surface area contributed by atoms with Crippen LogP contribution in [0.1, 0.15) is 10.4 Å². The number of aliphatic carboxylic acids is 1. The minimum absolute atomic E-state index is 0.307. The van der Waals surface area contributed by atoms with Crippen LogP contribution in [0, 0.1) is 0 Å². The van der Waals surface area contributed by atoms with Gasteiger partial charge in [0.25, 0.3) is 0 Å². The van der Waals surface area contributed by atoms with Gasteiger partial charge < -0.3 is 5.11 Å². The molecule has 0 saturated heterocycles. The Hall–Kier alpha value is -2.65. The number of carboxylic acid groups (broad SMARTS) is 1. The van der Waals surface area contributed by atoms with Gasteiger partial charge in [-0.05, 0) is 34.2 Å². The van der Waals surface area contributed by atoms with Gasteiger partial charge in [-0.25, -0.2) is 4.79 Å². The Morgan fingerprint density at radius 1 is 0.864 bits per heavy atom. The maximum Gasteiger partial charge on any atom is 0.336 e. The van der Waals surface area contributed by atoms with Crippen LogP contribution >= 0.6 is 11.3 Å². The molecule has 0 aliphatic heterocycles. The van der Waals surface area contributed by atoms with Gasteiger partial charge in [0.1, 0.15) is 0 Å². The smallest absolute Gasteiger partial charge is 0.336 e. The number of hydrogen-bond donors (Lipinski definition) is 1. The molecule has 2 aromatic carbocycles. The third-order valence-corrected chi connectivity index (χ3v) is 4.18. The van der Waals surface area contributed by atoms with E-state index in [1.807, 2.05) is 72.1 Å². The quantitative estimate of drug-likeness (QED) is 0.686. The highest BCUT2D eigenvalue weighted by molar-refractivity contribution is 7.11. The molecular formula is C19H14O2S. The zero-order valence-electron chi connectivity index (χ0n) is 11.8. The molecule has 0 unspecified atom stereocenters. The zero-order valence-corrected chi connectivity index (χ0v) is 12.6. The molecule has 1 aromatic heterocycles. The standard InChI is InChI=1S/C19H14O2S/c20-19(21)18(13-17-7-4-12-22-17)16-10-8-15(9-11-16)14-5-2-1-3-6-14/h1-13H,(H,20,21)/b18-13-. The Kier molecular flexibility index (Phi) is 4.17. The summed E-state index contributed by atoms with van der Waals surface area (Å²) in [5.41, 5.74) is 3.21. The molecule has 108 valence electrons. The van der Waals surface area contributed by atoms with Gasteiger partial charge in [-0.15, -0.1) is 11.3 Å². The van der Waals surface area contributed by atoms with E-state index in [1.165, 1.54) is 11.3 Å². The van der Waals surface area contributed by atoms with Gasteiger partial charge in [-0.2, -0.15) is 0 Å². The molecule has 0 radical (unpaired) electrons. The molecule has 3 aromatic rings. The first kappa shape index (κ1) is 14.3. The molecule has 0 amide bonds. The normalized spacial score (nSPS) is 11.4. The van der Waals surface area contributed by atoms with Crippen LogP contribution in [0.5, 0.6) is 0 Å². The molecule has 1 N–H and O–H groups in total. The highest BCUT2D eigenvalue weighted by Crippen LogP contribution is 2.25. The van der Waals surface area contributed by atoms with Crippen molar-refractivity contribution in [2.24, 2.45) is 0 Å². The zero-order chi connectivity index (χ0) is 15.4. The number of benzene rings is 2. The summed E-state index contributed by atoms with van der Waals surface area (Å²) in [5, 5.41) is 11.4. The van der Waals surface area contributed by atoms with Gasteiger partial charge >= 0.3 is 5.97 Å². The van der Waals surface area contributed by atoms with Gasteiger partial charge in [0, 0.05) is 4.88 Å². The fourth-order valence-corrected chi connectivity index (χ4v) is 2.91. The van der Waals surface area contributed by atoms with E-state index in [4.69, 9.17) is 0 Å². The summed E-state index contributed by atoms with van der Waals surface area (Å²) < 4.78 is 0. The van der Waals surface area contributed by atoms with E-state index in [1.54, 1.807) is 6.08 Å². The highest BCUT2D eigenvalue weighted by Gasteiger charge is 2.11. The maximum absolute atomic E-state index is 11.5. The van der Waals surface area contributed by atoms with Crippen LogP contribution in [0.3, 0.4) is 0 Å². The van der Waals surface area contributed by atoms with Gasteiger partial charge in [0.15, 0.2) is 0 Å². The molecule has 0 saturated carbocycles. The van der Waals surface area contributed by atoms with Gasteiger partial charge in [-0.1, -0.05) is 60.7 Å². The van der Waals surface area contributed by atoms with Crippen molar-refractivity contribution in [1.29, 1.82) is 0 Å². The first-order chi connectivity index (χ1) is 10.7. The summed E-state index contributed by atoms with van der Waals surface area (Å²) in [4.78, 5) is 12.5. The van der Waals surface area contributed by atoms with Crippen LogP contribution in [0.15, 0.2) is 72.1 Å². The summed E-state index contributed by atoms with van der Waals surface area (Å²) in [6.07, 6.45) is 1.71. The van der Waals surface area contributed by atoms with E-state index in [2.05, 4.69) is 0 Å². The van der Waals surface area contributed by atoms with Crippen molar-refractivity contribution in [2.75, 3.05) is 0 Å². The lowest BCUT2D eigenvalue weighted by atomic mass is 10.00. The Labute approximate surface area is 133 Å². The van der Waals surface area contributed by atoms with Crippen LogP contribution in [-0.2, 0) is 4.79 Å². The number of thiophene rings is 1. The predicted molar refractivity (Wildman–Crippen MR) is 91.7 cm³/mol. The topological polar surface area (TPSA) is 37.3 Å². The summed E-state index contributed by atoms with van der Waals surface area (Å²) in [7, 11) is 0. The molecule has 0 spiro atoms. The largest absolute Gasteiger partial charge is 0.478 e. The maximum atomic E-state index is 11.5. The minimum atomic E-state index is -0.916. The molecule has 1 heterocycles. The number of hydrogen-bond acceptors (Lipinski definition) is 2. The van der Waals surface area contributed by atoms with Crippen molar-refractivity contribution in [2.45, 2.75) is 0 Å². The second-order valence-corrected chi connectivity index (χ2v) is 5.80. The Morgan fingerprint density at radius 2 is 1.55 bits per heavy atom. The molecule has 22 heavy (non-hydrogen) atoms. The second-order valence-electron chi connectivity index (χ2n) is 4.82. The molecular weight excluding hydrogens is 292 g/mol. The average molecular weight is 306 g/mol. The van der Waals surface area contributed by atoms with Crippen LogP contribution in [-0.4, -0.2) is 11.1 Å². The number of carbonyl (C=O) groups is 1. The molecule has 0 atom stereocenters. The number of carboxylic acids is 1. The van der Waals surface area contributed by atoms with Crippen LogP contribution in [0.4, 0.5) is 0 Å². The third-order valence-electron chi connectivity index (χ3n) is 3.36. The van der Waals surface area contributed by atoms with E-state index >= 15 is 0 Å². The molecule has 2 nitrogen and oxygen atoms in total. The van der Waals surface area contributed by atoms with E-state index in [0.29, 0.717) is 11.1 Å². The van der Waals surface area contributed by atoms with Crippen LogP contribution < -0.4 is 0 Å². The second kappa shape index (κ2) is 6.41. The fourth-order valence-electron chi connectivity index (χ4n) is 2.26. The summed E-state index contributed by atoms with van der Waals surface area (Å²) in [6, 6.07) is 21.5. The molecule has 0 bridgehead atoms. The lowest BCUT2D eigenvalue weighted by Crippen LogP contribution is -1.99. The average Bonchev–Trinajstić information content (AvgIpc) is 3.07. The van der Waals surface area contributed by atoms with Crippen LogP contribution in [0.2, 0.25) is 0 Å². The third kappa shape index (κ3) is 3.15. The molecule has 3 rings (SSSR count). The minimum Gasteiger partial charge on any atom is -0.478 e. The molecule has 3 heteroatoms.